The van der Waals surface area contributed by atoms with Gasteiger partial charge in [-0.1, -0.05) is 6.07 Å². The summed E-state index contributed by atoms with van der Waals surface area (Å²) in [5, 5.41) is 7.67. The summed E-state index contributed by atoms with van der Waals surface area (Å²) in [6.07, 6.45) is 0.292. The topological polar surface area (TPSA) is 70.2 Å². The quantitative estimate of drug-likeness (QED) is 0.787. The first kappa shape index (κ1) is 17.4. The van der Waals surface area contributed by atoms with Gasteiger partial charge in [0, 0.05) is 30.9 Å². The van der Waals surface area contributed by atoms with Gasteiger partial charge in [-0.15, -0.1) is 0 Å². The fourth-order valence-electron chi connectivity index (χ4n) is 2.13. The van der Waals surface area contributed by atoms with E-state index >= 15 is 0 Å². The zero-order valence-electron chi connectivity index (χ0n) is 13.0. The largest absolute Gasteiger partial charge is 0.355 e. The summed E-state index contributed by atoms with van der Waals surface area (Å²) in [5.41, 5.74) is 1.34. The van der Waals surface area contributed by atoms with Gasteiger partial charge in [-0.3, -0.25) is 4.79 Å². The molecule has 0 unspecified atom stereocenters. The molecule has 5 nitrogen and oxygen atoms in total. The van der Waals surface area contributed by atoms with Gasteiger partial charge in [0.15, 0.2) is 0 Å². The molecule has 3 N–H and O–H groups in total. The number of benzene rings is 2. The van der Waals surface area contributed by atoms with Gasteiger partial charge in [0.25, 0.3) is 5.91 Å². The highest BCUT2D eigenvalue weighted by molar-refractivity contribution is 5.96. The maximum absolute atomic E-state index is 13.1. The Kier molecular flexibility index (Phi) is 5.83. The summed E-state index contributed by atoms with van der Waals surface area (Å²) < 4.78 is 26.1. The van der Waals surface area contributed by atoms with Crippen LogP contribution in [0, 0.1) is 11.6 Å². The number of urea groups is 1. The maximum atomic E-state index is 13.1. The smallest absolute Gasteiger partial charge is 0.319 e. The van der Waals surface area contributed by atoms with Gasteiger partial charge in [-0.2, -0.15) is 0 Å². The summed E-state index contributed by atoms with van der Waals surface area (Å²) in [6.45, 7) is 0.212. The molecule has 0 aromatic heterocycles. The van der Waals surface area contributed by atoms with Gasteiger partial charge in [0.05, 0.1) is 0 Å². The Hall–Kier alpha value is -2.96. The summed E-state index contributed by atoms with van der Waals surface area (Å²) in [6, 6.07) is 9.22. The Bertz CT molecular complexity index is 730. The van der Waals surface area contributed by atoms with Gasteiger partial charge in [-0.25, -0.2) is 13.6 Å². The summed E-state index contributed by atoms with van der Waals surface area (Å²) in [5.74, 6) is -1.56. The molecule has 0 aliphatic rings. The second kappa shape index (κ2) is 8.05. The number of anilines is 1. The van der Waals surface area contributed by atoms with Crippen molar-refractivity contribution in [2.24, 2.45) is 0 Å². The van der Waals surface area contributed by atoms with Gasteiger partial charge in [-0.05, 0) is 42.3 Å². The van der Waals surface area contributed by atoms with Crippen LogP contribution >= 0.6 is 0 Å². The maximum Gasteiger partial charge on any atom is 0.319 e. The Morgan fingerprint density at radius 3 is 2.42 bits per heavy atom. The Balaban J connectivity index is 1.86. The molecule has 0 radical (unpaired) electrons. The monoisotopic (exact) mass is 333 g/mol. The molecule has 0 saturated heterocycles. The molecule has 0 atom stereocenters. The summed E-state index contributed by atoms with van der Waals surface area (Å²) >= 11 is 0. The number of halogens is 2. The highest BCUT2D eigenvalue weighted by atomic mass is 19.1. The molecule has 126 valence electrons. The van der Waals surface area contributed by atoms with Crippen molar-refractivity contribution in [3.63, 3.8) is 0 Å². The zero-order chi connectivity index (χ0) is 17.5. The lowest BCUT2D eigenvalue weighted by molar-refractivity contribution is 0.0963. The van der Waals surface area contributed by atoms with E-state index in [1.807, 2.05) is 0 Å². The van der Waals surface area contributed by atoms with Gasteiger partial charge in [0.2, 0.25) is 0 Å². The van der Waals surface area contributed by atoms with Crippen LogP contribution < -0.4 is 16.0 Å². The molecule has 0 heterocycles. The average molecular weight is 333 g/mol. The van der Waals surface area contributed by atoms with E-state index in [1.54, 1.807) is 24.3 Å². The highest BCUT2D eigenvalue weighted by Gasteiger charge is 2.06. The van der Waals surface area contributed by atoms with E-state index in [0.29, 0.717) is 23.2 Å². The van der Waals surface area contributed by atoms with Crippen molar-refractivity contribution in [2.75, 3.05) is 18.9 Å². The zero-order valence-corrected chi connectivity index (χ0v) is 13.0. The van der Waals surface area contributed by atoms with E-state index in [9.17, 15) is 18.4 Å². The Morgan fingerprint density at radius 1 is 1.04 bits per heavy atom. The van der Waals surface area contributed by atoms with E-state index in [4.69, 9.17) is 0 Å². The fourth-order valence-corrected chi connectivity index (χ4v) is 2.13. The van der Waals surface area contributed by atoms with Crippen LogP contribution in [0.3, 0.4) is 0 Å². The second-order valence-electron chi connectivity index (χ2n) is 5.07. The lowest BCUT2D eigenvalue weighted by Crippen LogP contribution is -2.30. The second-order valence-corrected chi connectivity index (χ2v) is 5.07. The molecule has 24 heavy (non-hydrogen) atoms. The Labute approximate surface area is 138 Å². The molecule has 0 fully saturated rings. The highest BCUT2D eigenvalue weighted by Crippen LogP contribution is 2.11. The number of rotatable bonds is 5. The van der Waals surface area contributed by atoms with Crippen LogP contribution in [-0.2, 0) is 6.42 Å². The van der Waals surface area contributed by atoms with E-state index in [-0.39, 0.29) is 12.5 Å². The fraction of sp³-hybridized carbons (Fsp3) is 0.176. The standard InChI is InChI=1S/C17H17F2N3O2/c1-20-16(23)12-3-2-4-15(9-12)22-17(24)21-6-5-11-7-13(18)10-14(19)8-11/h2-4,7-10H,5-6H2,1H3,(H,20,23)(H2,21,22,24). The van der Waals surface area contributed by atoms with Crippen LogP contribution in [0.2, 0.25) is 0 Å². The van der Waals surface area contributed by atoms with Crippen molar-refractivity contribution < 1.29 is 18.4 Å². The SMILES string of the molecule is CNC(=O)c1cccc(NC(=O)NCCc2cc(F)cc(F)c2)c1. The van der Waals surface area contributed by atoms with Crippen molar-refractivity contribution in [3.05, 3.63) is 65.2 Å². The van der Waals surface area contributed by atoms with Crippen molar-refractivity contribution in [1.82, 2.24) is 10.6 Å². The molecule has 2 aromatic rings. The average Bonchev–Trinajstić information content (AvgIpc) is 2.53. The normalized spacial score (nSPS) is 10.1. The van der Waals surface area contributed by atoms with E-state index < -0.39 is 17.7 Å². The van der Waals surface area contributed by atoms with Crippen molar-refractivity contribution in [1.29, 1.82) is 0 Å². The molecule has 2 rings (SSSR count). The summed E-state index contributed by atoms with van der Waals surface area (Å²) in [7, 11) is 1.52. The van der Waals surface area contributed by atoms with Crippen molar-refractivity contribution in [2.45, 2.75) is 6.42 Å². The predicted molar refractivity (Wildman–Crippen MR) is 86.9 cm³/mol. The molecular weight excluding hydrogens is 316 g/mol. The lowest BCUT2D eigenvalue weighted by atomic mass is 10.1. The molecule has 0 aliphatic carbocycles. The van der Waals surface area contributed by atoms with E-state index in [0.717, 1.165) is 6.07 Å². The molecule has 7 heteroatoms. The first-order chi connectivity index (χ1) is 11.5. The number of amides is 3. The molecule has 2 aromatic carbocycles. The van der Waals surface area contributed by atoms with E-state index in [2.05, 4.69) is 16.0 Å². The number of nitrogens with one attached hydrogen (secondary N) is 3. The van der Waals surface area contributed by atoms with Crippen LogP contribution in [0.5, 0.6) is 0 Å². The van der Waals surface area contributed by atoms with Gasteiger partial charge in [0.1, 0.15) is 11.6 Å². The van der Waals surface area contributed by atoms with Gasteiger partial charge < -0.3 is 16.0 Å². The molecule has 0 spiro atoms. The van der Waals surface area contributed by atoms with Crippen LogP contribution in [0.15, 0.2) is 42.5 Å². The van der Waals surface area contributed by atoms with Crippen LogP contribution in [-0.4, -0.2) is 25.5 Å². The number of carbonyl (C=O) groups is 2. The van der Waals surface area contributed by atoms with Crippen molar-refractivity contribution in [3.8, 4) is 0 Å². The van der Waals surface area contributed by atoms with Gasteiger partial charge >= 0.3 is 6.03 Å². The van der Waals surface area contributed by atoms with Crippen LogP contribution in [0.1, 0.15) is 15.9 Å². The number of hydrogen-bond acceptors (Lipinski definition) is 2. The predicted octanol–water partition coefficient (Wildman–Crippen LogP) is 2.69. The number of carbonyl (C=O) groups excluding carboxylic acids is 2. The number of hydrogen-bond donors (Lipinski definition) is 3. The molecule has 0 saturated carbocycles. The minimum absolute atomic E-state index is 0.212. The van der Waals surface area contributed by atoms with E-state index in [1.165, 1.54) is 19.2 Å². The third-order valence-electron chi connectivity index (χ3n) is 3.23. The van der Waals surface area contributed by atoms with Crippen LogP contribution in [0.25, 0.3) is 0 Å². The third-order valence-corrected chi connectivity index (χ3v) is 3.23. The molecule has 3 amide bonds. The first-order valence-electron chi connectivity index (χ1n) is 7.30. The molecule has 0 bridgehead atoms. The summed E-state index contributed by atoms with van der Waals surface area (Å²) in [4.78, 5) is 23.4. The minimum atomic E-state index is -0.652. The first-order valence-corrected chi connectivity index (χ1v) is 7.30. The third kappa shape index (κ3) is 5.05. The Morgan fingerprint density at radius 2 is 1.75 bits per heavy atom. The van der Waals surface area contributed by atoms with Crippen molar-refractivity contribution >= 4 is 17.6 Å². The molecule has 0 aliphatic heterocycles. The van der Waals surface area contributed by atoms with Crippen LogP contribution in [0.4, 0.5) is 19.3 Å². The minimum Gasteiger partial charge on any atom is -0.355 e. The molecular formula is C17H17F2N3O2. The lowest BCUT2D eigenvalue weighted by Gasteiger charge is -2.09.